The van der Waals surface area contributed by atoms with E-state index < -0.39 is 0 Å². The van der Waals surface area contributed by atoms with Crippen molar-refractivity contribution in [2.75, 3.05) is 5.32 Å². The summed E-state index contributed by atoms with van der Waals surface area (Å²) in [5.41, 5.74) is 2.05. The van der Waals surface area contributed by atoms with E-state index in [0.717, 1.165) is 22.2 Å². The van der Waals surface area contributed by atoms with Gasteiger partial charge >= 0.3 is 0 Å². The third-order valence-corrected chi connectivity index (χ3v) is 5.24. The molecule has 8 heteroatoms. The van der Waals surface area contributed by atoms with Crippen molar-refractivity contribution in [1.82, 2.24) is 4.90 Å². The number of hydrogen-bond donors (Lipinski definition) is 1. The van der Waals surface area contributed by atoms with Crippen molar-refractivity contribution in [3.05, 3.63) is 68.5 Å². The van der Waals surface area contributed by atoms with Crippen LogP contribution in [0.1, 0.15) is 18.1 Å². The molecule has 0 aliphatic carbocycles. The van der Waals surface area contributed by atoms with Crippen LogP contribution in [-0.2, 0) is 16.1 Å². The molecule has 0 unspecified atom stereocenters. The monoisotopic (exact) mass is 420 g/mol. The summed E-state index contributed by atoms with van der Waals surface area (Å²) in [6, 6.07) is 11.9. The maximum atomic E-state index is 12.6. The van der Waals surface area contributed by atoms with Crippen LogP contribution in [0.25, 0.3) is 6.08 Å². The van der Waals surface area contributed by atoms with Gasteiger partial charge in [-0.1, -0.05) is 41.4 Å². The first-order valence-corrected chi connectivity index (χ1v) is 9.47. The van der Waals surface area contributed by atoms with E-state index in [1.54, 1.807) is 48.5 Å². The summed E-state index contributed by atoms with van der Waals surface area (Å²) in [7, 11) is 0. The van der Waals surface area contributed by atoms with Gasteiger partial charge in [0.25, 0.3) is 11.1 Å². The summed E-state index contributed by atoms with van der Waals surface area (Å²) in [6.07, 6.45) is 1.64. The lowest BCUT2D eigenvalue weighted by molar-refractivity contribution is -0.123. The Morgan fingerprint density at radius 1 is 1.15 bits per heavy atom. The largest absolute Gasteiger partial charge is 0.326 e. The molecule has 5 nitrogen and oxygen atoms in total. The highest BCUT2D eigenvalue weighted by atomic mass is 35.5. The van der Waals surface area contributed by atoms with Crippen LogP contribution in [0.5, 0.6) is 0 Å². The van der Waals surface area contributed by atoms with E-state index in [0.29, 0.717) is 26.2 Å². The summed E-state index contributed by atoms with van der Waals surface area (Å²) in [5.74, 6) is -0.535. The maximum Gasteiger partial charge on any atom is 0.293 e. The Morgan fingerprint density at radius 3 is 2.48 bits per heavy atom. The zero-order valence-electron chi connectivity index (χ0n) is 14.2. The number of imide groups is 1. The lowest BCUT2D eigenvalue weighted by atomic mass is 10.2. The summed E-state index contributed by atoms with van der Waals surface area (Å²) < 4.78 is 0. The van der Waals surface area contributed by atoms with Gasteiger partial charge in [0.1, 0.15) is 0 Å². The average molecular weight is 421 g/mol. The molecule has 138 valence electrons. The van der Waals surface area contributed by atoms with Crippen molar-refractivity contribution in [2.24, 2.45) is 0 Å². The Labute approximate surface area is 170 Å². The maximum absolute atomic E-state index is 12.6. The molecule has 1 aliphatic heterocycles. The number of amides is 3. The molecule has 0 atom stereocenters. The van der Waals surface area contributed by atoms with Gasteiger partial charge in [-0.05, 0) is 53.2 Å². The summed E-state index contributed by atoms with van der Waals surface area (Å²) >= 11 is 12.9. The van der Waals surface area contributed by atoms with Gasteiger partial charge in [-0.2, -0.15) is 0 Å². The molecule has 1 heterocycles. The Hall–Kier alpha value is -2.28. The molecular formula is C19H14Cl2N2O3S. The minimum Gasteiger partial charge on any atom is -0.326 e. The van der Waals surface area contributed by atoms with Crippen molar-refractivity contribution in [3.63, 3.8) is 0 Å². The van der Waals surface area contributed by atoms with Crippen LogP contribution in [0, 0.1) is 0 Å². The van der Waals surface area contributed by atoms with Crippen LogP contribution < -0.4 is 5.32 Å². The van der Waals surface area contributed by atoms with Crippen molar-refractivity contribution >= 4 is 63.8 Å². The predicted octanol–water partition coefficient (Wildman–Crippen LogP) is 5.19. The van der Waals surface area contributed by atoms with Gasteiger partial charge in [-0.25, -0.2) is 0 Å². The number of nitrogens with one attached hydrogen (secondary N) is 1. The Morgan fingerprint density at radius 2 is 1.85 bits per heavy atom. The topological polar surface area (TPSA) is 66.5 Å². The van der Waals surface area contributed by atoms with E-state index >= 15 is 0 Å². The van der Waals surface area contributed by atoms with E-state index in [-0.39, 0.29) is 23.6 Å². The molecule has 0 saturated carbocycles. The minimum absolute atomic E-state index is 0.0828. The number of rotatable bonds is 4. The van der Waals surface area contributed by atoms with Crippen molar-refractivity contribution in [2.45, 2.75) is 13.5 Å². The molecule has 2 aromatic carbocycles. The minimum atomic E-state index is -0.373. The lowest BCUT2D eigenvalue weighted by Crippen LogP contribution is -2.27. The van der Waals surface area contributed by atoms with Crippen LogP contribution in [0.4, 0.5) is 10.5 Å². The molecule has 27 heavy (non-hydrogen) atoms. The molecule has 0 radical (unpaired) electrons. The number of carbonyl (C=O) groups excluding carboxylic acids is 3. The number of nitrogens with zero attached hydrogens (tertiary/aromatic N) is 1. The van der Waals surface area contributed by atoms with Crippen molar-refractivity contribution < 1.29 is 14.4 Å². The highest BCUT2D eigenvalue weighted by molar-refractivity contribution is 8.18. The van der Waals surface area contributed by atoms with Crippen molar-refractivity contribution in [3.8, 4) is 0 Å². The van der Waals surface area contributed by atoms with E-state index in [9.17, 15) is 14.4 Å². The Bertz CT molecular complexity index is 958. The number of anilines is 1. The molecule has 3 rings (SSSR count). The first-order chi connectivity index (χ1) is 12.8. The zero-order chi connectivity index (χ0) is 19.6. The van der Waals surface area contributed by atoms with Crippen LogP contribution in [0.15, 0.2) is 47.4 Å². The number of hydrogen-bond acceptors (Lipinski definition) is 4. The van der Waals surface area contributed by atoms with E-state index in [1.165, 1.54) is 6.92 Å². The molecule has 1 fully saturated rings. The van der Waals surface area contributed by atoms with Gasteiger partial charge in [-0.15, -0.1) is 0 Å². The van der Waals surface area contributed by atoms with E-state index in [1.807, 2.05) is 0 Å². The highest BCUT2D eigenvalue weighted by Gasteiger charge is 2.35. The number of benzene rings is 2. The molecule has 1 aliphatic rings. The van der Waals surface area contributed by atoms with Gasteiger partial charge < -0.3 is 5.32 Å². The Balaban J connectivity index is 1.77. The van der Waals surface area contributed by atoms with Gasteiger partial charge in [0.15, 0.2) is 0 Å². The molecule has 0 aromatic heterocycles. The second-order valence-electron chi connectivity index (χ2n) is 5.81. The first kappa shape index (κ1) is 19.5. The molecule has 2 aromatic rings. The highest BCUT2D eigenvalue weighted by Crippen LogP contribution is 2.34. The van der Waals surface area contributed by atoms with Crippen molar-refractivity contribution in [1.29, 1.82) is 0 Å². The molecule has 1 saturated heterocycles. The van der Waals surface area contributed by atoms with Gasteiger partial charge in [-0.3, -0.25) is 19.3 Å². The third-order valence-electron chi connectivity index (χ3n) is 3.75. The van der Waals surface area contributed by atoms with E-state index in [2.05, 4.69) is 5.32 Å². The van der Waals surface area contributed by atoms with Crippen LogP contribution in [0.3, 0.4) is 0 Å². The molecule has 0 spiro atoms. The summed E-state index contributed by atoms with van der Waals surface area (Å²) in [5, 5.41) is 3.20. The number of carbonyl (C=O) groups is 3. The summed E-state index contributed by atoms with van der Waals surface area (Å²) in [4.78, 5) is 37.4. The summed E-state index contributed by atoms with van der Waals surface area (Å²) in [6.45, 7) is 1.51. The molecular weight excluding hydrogens is 407 g/mol. The Kier molecular flexibility index (Phi) is 5.89. The van der Waals surface area contributed by atoms with Crippen LogP contribution in [0.2, 0.25) is 10.0 Å². The van der Waals surface area contributed by atoms with Gasteiger partial charge in [0.2, 0.25) is 5.91 Å². The van der Waals surface area contributed by atoms with Crippen LogP contribution >= 0.6 is 35.0 Å². The SMILES string of the molecule is CC(=O)Nc1ccc(/C=C2\SC(=O)N(Cc3ccc(Cl)cc3Cl)C2=O)cc1. The molecule has 1 N–H and O–H groups in total. The second-order valence-corrected chi connectivity index (χ2v) is 7.64. The predicted molar refractivity (Wildman–Crippen MR) is 109 cm³/mol. The second kappa shape index (κ2) is 8.17. The van der Waals surface area contributed by atoms with Gasteiger partial charge in [0, 0.05) is 22.7 Å². The van der Waals surface area contributed by atoms with Gasteiger partial charge in [0.05, 0.1) is 11.4 Å². The quantitative estimate of drug-likeness (QED) is 0.691. The van der Waals surface area contributed by atoms with E-state index in [4.69, 9.17) is 23.2 Å². The number of halogens is 2. The van der Waals surface area contributed by atoms with Crippen LogP contribution in [-0.4, -0.2) is 22.0 Å². The third kappa shape index (κ3) is 4.71. The first-order valence-electron chi connectivity index (χ1n) is 7.90. The standard InChI is InChI=1S/C19H14Cl2N2O3S/c1-11(24)22-15-6-2-12(3-7-15)8-17-18(25)23(19(26)27-17)10-13-4-5-14(20)9-16(13)21/h2-9H,10H2,1H3,(H,22,24)/b17-8-. The molecule has 3 amide bonds. The normalized spacial score (nSPS) is 15.5. The average Bonchev–Trinajstić information content (AvgIpc) is 2.86. The molecule has 0 bridgehead atoms. The zero-order valence-corrected chi connectivity index (χ0v) is 16.5. The fraction of sp³-hybridized carbons (Fsp3) is 0.105. The fourth-order valence-electron chi connectivity index (χ4n) is 2.47. The fourth-order valence-corrected chi connectivity index (χ4v) is 3.78. The number of thioether (sulfide) groups is 1. The smallest absolute Gasteiger partial charge is 0.293 e. The lowest BCUT2D eigenvalue weighted by Gasteiger charge is -2.13.